The number of hydrogen-bond donors (Lipinski definition) is 0. The molecule has 394 valence electrons. The standard InChI is InChI=1S/C20H28N.C18H24N.C17H22N.C16H20N/c1-13(2)17-8-9-18(15(5)10-17)20-11-16(6)19(14(3)4)12-21(20)7;1-12(2)16-7-8-17(14(4)10-16)18-15(5)9-13(3)11-19(18)6;1-6-15-7-8-16(13(3)10-15)17-14(4)9-12(2)11-18(17)5;1-11-6-7-15(13(3)8-11)16-14(4)9-12(2)10-17(16)5/h8-14H,1-7H3;7-12H,1-6H3;7-11H,6H2,1-5H3;6-10H,1-5H3/q4*+1/i3D3,13D,14D;1D3,3D3,12D;2*1D3,2D3. The second-order valence-corrected chi connectivity index (χ2v) is 20.1. The third kappa shape index (κ3) is 14.9. The van der Waals surface area contributed by atoms with E-state index in [2.05, 4.69) is 0 Å². The summed E-state index contributed by atoms with van der Waals surface area (Å²) in [6.45, 7) is 6.30. The van der Waals surface area contributed by atoms with Crippen molar-refractivity contribution < 1.29 is 51.2 Å². The van der Waals surface area contributed by atoms with E-state index in [1.807, 2.05) is 135 Å². The fraction of sp³-hybridized carbons (Fsp3) is 0.380. The molecule has 8 rings (SSSR count). The molecule has 2 unspecified atom stereocenters. The second-order valence-electron chi connectivity index (χ2n) is 20.1. The van der Waals surface area contributed by atoms with Crippen molar-refractivity contribution in [2.75, 3.05) is 0 Å². The zero-order valence-corrected chi connectivity index (χ0v) is 47.0. The molecular weight excluding hydrogens is 909 g/mol. The summed E-state index contributed by atoms with van der Waals surface area (Å²) in [7, 11) is 7.29. The first kappa shape index (κ1) is 33.5. The minimum atomic E-state index is -2.43. The van der Waals surface area contributed by atoms with Crippen LogP contribution >= 0.6 is 0 Å². The predicted molar refractivity (Wildman–Crippen MR) is 321 cm³/mol. The average Bonchev–Trinajstić information content (AvgIpc) is 0.785. The quantitative estimate of drug-likeness (QED) is 0.135. The molecule has 4 aromatic carbocycles. The molecular formula is C71H94N4+4. The predicted octanol–water partition coefficient (Wildman–Crippen LogP) is 16.3. The summed E-state index contributed by atoms with van der Waals surface area (Å²) in [4.78, 5) is 0. The van der Waals surface area contributed by atoms with Gasteiger partial charge in [-0.15, -0.1) is 0 Å². The SMILES string of the molecule is [2H]C(C)(C)c1ccc(-c2cc(C)c(C([2H])(C)C([2H])([2H])[2H])c[n+]2C)c(C)c1.[2H]C([2H])([2H])Cc1ccc(-c2c(C)cc(C([2H])([2H])[2H])c[n+]2C)c(C)c1.[2H]C([2H])([2H])c1cc(C)c(-c2ccc(C([2H])(C)C([2H])([2H])[2H])cc2C)[n+](C)c1.[2H]C([2H])([2H])c1ccc(-c2c(C)cc(C([2H])([2H])[2H])c[n+]2C)c(C)c1. The lowest BCUT2D eigenvalue weighted by Crippen LogP contribution is -2.32. The normalized spacial score (nSPS) is 18.6. The van der Waals surface area contributed by atoms with Crippen LogP contribution in [0.1, 0.15) is 188 Å². The maximum atomic E-state index is 8.37. The van der Waals surface area contributed by atoms with Crippen LogP contribution in [0.25, 0.3) is 45.0 Å². The molecule has 0 saturated carbocycles. The molecule has 0 bridgehead atoms. The highest BCUT2D eigenvalue weighted by Crippen LogP contribution is 2.30. The van der Waals surface area contributed by atoms with Crippen LogP contribution in [0.5, 0.6) is 0 Å². The van der Waals surface area contributed by atoms with Gasteiger partial charge in [0, 0.05) is 100 Å². The molecule has 8 aromatic rings. The third-order valence-corrected chi connectivity index (χ3v) is 13.4. The Labute approximate surface area is 489 Å². The lowest BCUT2D eigenvalue weighted by molar-refractivity contribution is -0.661. The first-order chi connectivity index (χ1) is 44.6. The van der Waals surface area contributed by atoms with Gasteiger partial charge >= 0.3 is 0 Å². The van der Waals surface area contributed by atoms with E-state index >= 15 is 0 Å². The summed E-state index contributed by atoms with van der Waals surface area (Å²) in [6.07, 6.45) is 6.63. The largest absolute Gasteiger partial charge is 0.215 e. The lowest BCUT2D eigenvalue weighted by atomic mass is 9.94. The molecule has 0 saturated heterocycles. The van der Waals surface area contributed by atoms with E-state index in [1.54, 1.807) is 103 Å². The maximum Gasteiger partial charge on any atom is 0.215 e. The van der Waals surface area contributed by atoms with Crippen molar-refractivity contribution in [1.29, 1.82) is 0 Å². The van der Waals surface area contributed by atoms with Gasteiger partial charge in [-0.1, -0.05) is 102 Å². The second kappa shape index (κ2) is 25.8. The van der Waals surface area contributed by atoms with Crippen molar-refractivity contribution in [2.45, 2.75) is 155 Å². The van der Waals surface area contributed by atoms with Crippen molar-refractivity contribution in [3.05, 3.63) is 211 Å². The van der Waals surface area contributed by atoms with Crippen molar-refractivity contribution in [3.63, 3.8) is 0 Å². The Morgan fingerprint density at radius 3 is 1.20 bits per heavy atom. The van der Waals surface area contributed by atoms with Gasteiger partial charge in [0.05, 0.1) is 0 Å². The number of aryl methyl sites for hydroxylation is 17. The van der Waals surface area contributed by atoms with Crippen LogP contribution in [0.3, 0.4) is 0 Å². The van der Waals surface area contributed by atoms with Gasteiger partial charge in [-0.3, -0.25) is 0 Å². The topological polar surface area (TPSA) is 15.5 Å². The smallest absolute Gasteiger partial charge is 0.201 e. The number of aromatic nitrogens is 4. The summed E-state index contributed by atoms with van der Waals surface area (Å²) < 4.78 is 191. The Bertz CT molecular complexity index is 4180. The fourth-order valence-corrected chi connectivity index (χ4v) is 9.74. The first-order valence-corrected chi connectivity index (χ1v) is 25.1. The molecule has 0 fully saturated rings. The van der Waals surface area contributed by atoms with Gasteiger partial charge in [-0.2, -0.15) is 0 Å². The van der Waals surface area contributed by atoms with Crippen LogP contribution in [0.2, 0.25) is 0 Å². The van der Waals surface area contributed by atoms with Gasteiger partial charge in [-0.25, -0.2) is 18.3 Å². The molecule has 0 N–H and O–H groups in total. The van der Waals surface area contributed by atoms with Crippen molar-refractivity contribution in [2.24, 2.45) is 28.2 Å². The monoisotopic (exact) mass is 1030 g/mol. The molecule has 0 aliphatic heterocycles. The van der Waals surface area contributed by atoms with Crippen LogP contribution in [0.4, 0.5) is 0 Å². The third-order valence-electron chi connectivity index (χ3n) is 13.4. The molecule has 4 heteroatoms. The van der Waals surface area contributed by atoms with Gasteiger partial charge in [-0.05, 0) is 194 Å². The van der Waals surface area contributed by atoms with Crippen LogP contribution in [0, 0.1) is 82.8 Å². The maximum absolute atomic E-state index is 8.37. The highest BCUT2D eigenvalue weighted by molar-refractivity contribution is 5.67. The number of nitrogens with zero attached hydrogens (tertiary/aromatic N) is 4. The summed E-state index contributed by atoms with van der Waals surface area (Å²) >= 11 is 0. The van der Waals surface area contributed by atoms with Crippen molar-refractivity contribution in [1.82, 2.24) is 0 Å². The van der Waals surface area contributed by atoms with Crippen molar-refractivity contribution in [3.8, 4) is 45.0 Å². The molecule has 75 heavy (non-hydrogen) atoms. The minimum Gasteiger partial charge on any atom is -0.201 e. The van der Waals surface area contributed by atoms with E-state index in [9.17, 15) is 0 Å². The molecule has 4 heterocycles. The minimum absolute atomic E-state index is 0.0389. The van der Waals surface area contributed by atoms with Crippen LogP contribution < -0.4 is 18.3 Å². The highest BCUT2D eigenvalue weighted by Gasteiger charge is 2.21. The van der Waals surface area contributed by atoms with Crippen LogP contribution in [0.15, 0.2) is 122 Å². The zero-order valence-electron chi connectivity index (χ0n) is 71.0. The van der Waals surface area contributed by atoms with E-state index < -0.39 is 65.6 Å². The Hall–Kier alpha value is -6.52. The van der Waals surface area contributed by atoms with Gasteiger partial charge in [0.1, 0.15) is 28.2 Å². The molecule has 0 spiro atoms. The number of pyridine rings is 4. The number of rotatable bonds is 8. The summed E-state index contributed by atoms with van der Waals surface area (Å²) in [5, 5.41) is 0. The summed E-state index contributed by atoms with van der Waals surface area (Å²) in [5.41, 5.74) is 18.3. The molecule has 4 aromatic heterocycles. The first-order valence-electron chi connectivity index (χ1n) is 37.1. The van der Waals surface area contributed by atoms with E-state index in [4.69, 9.17) is 32.9 Å². The van der Waals surface area contributed by atoms with E-state index in [0.717, 1.165) is 101 Å². The van der Waals surface area contributed by atoms with Gasteiger partial charge in [0.2, 0.25) is 22.8 Å². The molecule has 2 atom stereocenters. The van der Waals surface area contributed by atoms with Gasteiger partial charge in [0.15, 0.2) is 24.8 Å². The molecule has 0 radical (unpaired) electrons. The van der Waals surface area contributed by atoms with Crippen molar-refractivity contribution >= 4 is 0 Å². The Kier molecular flexibility index (Phi) is 11.5. The fourth-order valence-electron chi connectivity index (χ4n) is 9.74. The summed E-state index contributed by atoms with van der Waals surface area (Å²) in [6, 6.07) is 28.9. The number of benzene rings is 4. The molecule has 0 amide bonds. The lowest BCUT2D eigenvalue weighted by Gasteiger charge is -2.13. The van der Waals surface area contributed by atoms with Gasteiger partial charge in [0.25, 0.3) is 0 Å². The molecule has 0 aliphatic carbocycles. The zero-order chi connectivity index (χ0) is 76.0. The van der Waals surface area contributed by atoms with Crippen LogP contribution in [-0.4, -0.2) is 0 Å². The van der Waals surface area contributed by atoms with E-state index in [0.29, 0.717) is 22.3 Å². The molecule has 0 aliphatic rings. The Balaban J connectivity index is 0.000000238. The van der Waals surface area contributed by atoms with E-state index in [-0.39, 0.29) is 17.5 Å². The Morgan fingerprint density at radius 2 is 0.800 bits per heavy atom. The number of hydrogen-bond acceptors (Lipinski definition) is 0. The average molecular weight is 1030 g/mol. The van der Waals surface area contributed by atoms with E-state index in [1.165, 1.54) is 13.8 Å². The van der Waals surface area contributed by atoms with Gasteiger partial charge < -0.3 is 0 Å². The Morgan fingerprint density at radius 1 is 0.387 bits per heavy atom. The molecule has 4 nitrogen and oxygen atoms in total. The van der Waals surface area contributed by atoms with Crippen LogP contribution in [-0.2, 0) is 34.6 Å². The summed E-state index contributed by atoms with van der Waals surface area (Å²) in [5.74, 6) is -4.02. The highest BCUT2D eigenvalue weighted by atomic mass is 14.9.